The number of halogens is 2. The van der Waals surface area contributed by atoms with Crippen LogP contribution in [0.3, 0.4) is 0 Å². The second-order valence-electron chi connectivity index (χ2n) is 3.84. The van der Waals surface area contributed by atoms with Gasteiger partial charge in [0.25, 0.3) is 0 Å². The van der Waals surface area contributed by atoms with Crippen molar-refractivity contribution in [1.29, 1.82) is 0 Å². The van der Waals surface area contributed by atoms with Gasteiger partial charge in [0.2, 0.25) is 0 Å². The minimum Gasteiger partial charge on any atom is -0.242 e. The quantitative estimate of drug-likeness (QED) is 0.667. The fraction of sp³-hybridized carbons (Fsp3) is 0.0833. The van der Waals surface area contributed by atoms with Gasteiger partial charge < -0.3 is 0 Å². The van der Waals surface area contributed by atoms with Gasteiger partial charge in [-0.2, -0.15) is 0 Å². The van der Waals surface area contributed by atoms with Gasteiger partial charge in [0, 0.05) is 6.20 Å². The molecule has 0 amide bonds. The molecule has 2 heterocycles. The average Bonchev–Trinajstić information content (AvgIpc) is 2.77. The van der Waals surface area contributed by atoms with Gasteiger partial charge in [0.05, 0.1) is 12.1 Å². The second-order valence-corrected chi connectivity index (χ2v) is 4.20. The SMILES string of the molecule is Fc1ccc(Cn2nnc3c(Cl)nccc32)cc1. The number of nitrogens with zero attached hydrogens (tertiary/aromatic N) is 4. The van der Waals surface area contributed by atoms with E-state index < -0.39 is 0 Å². The summed E-state index contributed by atoms with van der Waals surface area (Å²) in [6, 6.07) is 8.06. The number of benzene rings is 1. The first-order valence-electron chi connectivity index (χ1n) is 5.32. The number of aromatic nitrogens is 4. The van der Waals surface area contributed by atoms with Crippen LogP contribution in [0.5, 0.6) is 0 Å². The number of hydrogen-bond donors (Lipinski definition) is 0. The molecule has 0 radical (unpaired) electrons. The average molecular weight is 263 g/mol. The highest BCUT2D eigenvalue weighted by atomic mass is 35.5. The lowest BCUT2D eigenvalue weighted by molar-refractivity contribution is 0.624. The Morgan fingerprint density at radius 3 is 2.72 bits per heavy atom. The first-order chi connectivity index (χ1) is 8.74. The third kappa shape index (κ3) is 1.93. The molecule has 0 bridgehead atoms. The fourth-order valence-corrected chi connectivity index (χ4v) is 1.94. The Morgan fingerprint density at radius 1 is 1.17 bits per heavy atom. The smallest absolute Gasteiger partial charge is 0.158 e. The Labute approximate surface area is 107 Å². The first kappa shape index (κ1) is 11.1. The van der Waals surface area contributed by atoms with Crippen LogP contribution in [0.1, 0.15) is 5.56 Å². The molecule has 1 aromatic carbocycles. The molecule has 0 spiro atoms. The molecule has 0 aliphatic rings. The van der Waals surface area contributed by atoms with E-state index in [1.807, 2.05) is 0 Å². The van der Waals surface area contributed by atoms with Gasteiger partial charge in [0.1, 0.15) is 11.3 Å². The van der Waals surface area contributed by atoms with Crippen molar-refractivity contribution in [2.75, 3.05) is 0 Å². The molecular formula is C12H8ClFN4. The highest BCUT2D eigenvalue weighted by Crippen LogP contribution is 2.18. The molecule has 3 aromatic rings. The highest BCUT2D eigenvalue weighted by Gasteiger charge is 2.08. The third-order valence-corrected chi connectivity index (χ3v) is 2.91. The minimum atomic E-state index is -0.255. The molecule has 4 nitrogen and oxygen atoms in total. The second kappa shape index (κ2) is 4.34. The molecule has 3 rings (SSSR count). The molecular weight excluding hydrogens is 255 g/mol. The van der Waals surface area contributed by atoms with Crippen molar-refractivity contribution in [3.63, 3.8) is 0 Å². The monoisotopic (exact) mass is 262 g/mol. The van der Waals surface area contributed by atoms with E-state index >= 15 is 0 Å². The molecule has 0 fully saturated rings. The van der Waals surface area contributed by atoms with E-state index in [4.69, 9.17) is 11.6 Å². The van der Waals surface area contributed by atoms with Gasteiger partial charge in [-0.3, -0.25) is 0 Å². The Bertz CT molecular complexity index is 693. The van der Waals surface area contributed by atoms with Gasteiger partial charge in [-0.25, -0.2) is 14.1 Å². The van der Waals surface area contributed by atoms with E-state index in [2.05, 4.69) is 15.3 Å². The standard InChI is InChI=1S/C12H8ClFN4/c13-12-11-10(5-6-15-12)18(17-16-11)7-8-1-3-9(14)4-2-8/h1-6H,7H2. The highest BCUT2D eigenvalue weighted by molar-refractivity contribution is 6.33. The van der Waals surface area contributed by atoms with Crippen LogP contribution in [0.15, 0.2) is 36.5 Å². The lowest BCUT2D eigenvalue weighted by atomic mass is 10.2. The molecule has 0 atom stereocenters. The van der Waals surface area contributed by atoms with E-state index in [0.29, 0.717) is 17.2 Å². The summed E-state index contributed by atoms with van der Waals surface area (Å²) in [4.78, 5) is 3.94. The summed E-state index contributed by atoms with van der Waals surface area (Å²) in [6.07, 6.45) is 1.61. The lowest BCUT2D eigenvalue weighted by Crippen LogP contribution is -2.01. The topological polar surface area (TPSA) is 43.6 Å². The van der Waals surface area contributed by atoms with Gasteiger partial charge in [-0.05, 0) is 23.8 Å². The first-order valence-corrected chi connectivity index (χ1v) is 5.70. The summed E-state index contributed by atoms with van der Waals surface area (Å²) in [7, 11) is 0. The van der Waals surface area contributed by atoms with Crippen molar-refractivity contribution >= 4 is 22.6 Å². The lowest BCUT2D eigenvalue weighted by Gasteiger charge is -2.02. The summed E-state index contributed by atoms with van der Waals surface area (Å²) in [5, 5.41) is 8.33. The fourth-order valence-electron chi connectivity index (χ4n) is 1.75. The molecule has 0 N–H and O–H groups in total. The van der Waals surface area contributed by atoms with Crippen molar-refractivity contribution in [2.45, 2.75) is 6.54 Å². The van der Waals surface area contributed by atoms with Crippen LogP contribution in [0.2, 0.25) is 5.15 Å². The number of pyridine rings is 1. The van der Waals surface area contributed by atoms with Crippen LogP contribution in [0.4, 0.5) is 4.39 Å². The molecule has 0 saturated carbocycles. The predicted octanol–water partition coefficient (Wildman–Crippen LogP) is 2.67. The third-order valence-electron chi connectivity index (χ3n) is 2.63. The van der Waals surface area contributed by atoms with E-state index in [-0.39, 0.29) is 5.82 Å². The molecule has 2 aromatic heterocycles. The van der Waals surface area contributed by atoms with E-state index in [9.17, 15) is 4.39 Å². The van der Waals surface area contributed by atoms with Crippen molar-refractivity contribution in [3.8, 4) is 0 Å². The van der Waals surface area contributed by atoms with E-state index in [1.54, 1.807) is 29.1 Å². The van der Waals surface area contributed by atoms with Gasteiger partial charge in [0.15, 0.2) is 5.15 Å². The number of fused-ring (bicyclic) bond motifs is 1. The Morgan fingerprint density at radius 2 is 1.94 bits per heavy atom. The maximum atomic E-state index is 12.8. The number of hydrogen-bond acceptors (Lipinski definition) is 3. The Balaban J connectivity index is 2.00. The molecule has 18 heavy (non-hydrogen) atoms. The van der Waals surface area contributed by atoms with Crippen LogP contribution < -0.4 is 0 Å². The molecule has 0 saturated heterocycles. The van der Waals surface area contributed by atoms with Gasteiger partial charge in [-0.1, -0.05) is 28.9 Å². The van der Waals surface area contributed by atoms with Gasteiger partial charge >= 0.3 is 0 Å². The predicted molar refractivity (Wildman–Crippen MR) is 65.8 cm³/mol. The molecule has 90 valence electrons. The number of rotatable bonds is 2. The summed E-state index contributed by atoms with van der Waals surface area (Å²) >= 11 is 5.92. The largest absolute Gasteiger partial charge is 0.242 e. The van der Waals surface area contributed by atoms with Gasteiger partial charge in [-0.15, -0.1) is 5.10 Å². The van der Waals surface area contributed by atoms with Crippen LogP contribution in [0, 0.1) is 5.82 Å². The van der Waals surface area contributed by atoms with E-state index in [0.717, 1.165) is 11.1 Å². The summed E-state index contributed by atoms with van der Waals surface area (Å²) < 4.78 is 14.5. The Kier molecular flexibility index (Phi) is 2.68. The van der Waals surface area contributed by atoms with Crippen molar-refractivity contribution in [1.82, 2.24) is 20.0 Å². The van der Waals surface area contributed by atoms with Crippen molar-refractivity contribution < 1.29 is 4.39 Å². The van der Waals surface area contributed by atoms with Crippen LogP contribution in [-0.2, 0) is 6.54 Å². The van der Waals surface area contributed by atoms with Crippen LogP contribution >= 0.6 is 11.6 Å². The Hall–Kier alpha value is -2.01. The maximum Gasteiger partial charge on any atom is 0.158 e. The summed E-state index contributed by atoms with van der Waals surface area (Å²) in [6.45, 7) is 0.511. The van der Waals surface area contributed by atoms with Crippen LogP contribution in [-0.4, -0.2) is 20.0 Å². The molecule has 6 heteroatoms. The van der Waals surface area contributed by atoms with Crippen molar-refractivity contribution in [3.05, 3.63) is 53.1 Å². The van der Waals surface area contributed by atoms with Crippen molar-refractivity contribution in [2.24, 2.45) is 0 Å². The zero-order valence-electron chi connectivity index (χ0n) is 9.22. The summed E-state index contributed by atoms with van der Waals surface area (Å²) in [5.41, 5.74) is 2.32. The normalized spacial score (nSPS) is 11.0. The minimum absolute atomic E-state index is 0.255. The maximum absolute atomic E-state index is 12.8. The van der Waals surface area contributed by atoms with Crippen LogP contribution in [0.25, 0.3) is 11.0 Å². The molecule has 0 aliphatic heterocycles. The molecule has 0 aliphatic carbocycles. The zero-order chi connectivity index (χ0) is 12.5. The molecule has 0 unspecified atom stereocenters. The zero-order valence-corrected chi connectivity index (χ0v) is 9.97. The summed E-state index contributed by atoms with van der Waals surface area (Å²) in [5.74, 6) is -0.255. The van der Waals surface area contributed by atoms with E-state index in [1.165, 1.54) is 12.1 Å².